The van der Waals surface area contributed by atoms with E-state index in [1.165, 1.54) is 10.9 Å². The second kappa shape index (κ2) is 6.92. The Morgan fingerprint density at radius 2 is 1.93 bits per heavy atom. The molecule has 0 atom stereocenters. The first-order chi connectivity index (χ1) is 13.2. The molecule has 4 rings (SSSR count). The third-order valence-corrected chi connectivity index (χ3v) is 4.12. The highest BCUT2D eigenvalue weighted by molar-refractivity contribution is 7.65. The monoisotopic (exact) mass is 378 g/mol. The lowest BCUT2D eigenvalue weighted by molar-refractivity contribution is 0.593. The molecular weight excluding hydrogens is 366 g/mol. The normalized spacial score (nSPS) is 10.8. The van der Waals surface area contributed by atoms with Crippen molar-refractivity contribution in [3.63, 3.8) is 0 Å². The summed E-state index contributed by atoms with van der Waals surface area (Å²) in [5.41, 5.74) is 0.546. The molecule has 4 heterocycles. The number of aromatic nitrogens is 7. The summed E-state index contributed by atoms with van der Waals surface area (Å²) >= 11 is 0.159. The minimum atomic E-state index is -0.296. The minimum absolute atomic E-state index is 0.0227. The van der Waals surface area contributed by atoms with E-state index in [1.807, 2.05) is 0 Å². The molecule has 0 aliphatic rings. The summed E-state index contributed by atoms with van der Waals surface area (Å²) in [6.07, 6.45) is 6.20. The predicted octanol–water partition coefficient (Wildman–Crippen LogP) is 1.41. The van der Waals surface area contributed by atoms with Crippen LogP contribution in [-0.4, -0.2) is 34.3 Å². The van der Waals surface area contributed by atoms with E-state index in [9.17, 15) is 9.00 Å². The largest absolute Gasteiger partial charge is 0.550 e. The van der Waals surface area contributed by atoms with Crippen LogP contribution in [0.15, 0.2) is 65.5 Å². The van der Waals surface area contributed by atoms with Gasteiger partial charge in [0.2, 0.25) is 0 Å². The molecule has 0 saturated heterocycles. The summed E-state index contributed by atoms with van der Waals surface area (Å²) in [7, 11) is 0. The number of allylic oxidation sites excluding steroid dienone is 1. The molecule has 4 aromatic rings. The molecule has 0 aromatic carbocycles. The first-order valence-electron chi connectivity index (χ1n) is 7.87. The fourth-order valence-electron chi connectivity index (χ4n) is 2.67. The van der Waals surface area contributed by atoms with Crippen molar-refractivity contribution >= 4 is 22.7 Å². The van der Waals surface area contributed by atoms with Gasteiger partial charge in [0.25, 0.3) is 5.56 Å². The van der Waals surface area contributed by atoms with Crippen LogP contribution in [0.25, 0.3) is 28.4 Å². The van der Waals surface area contributed by atoms with Gasteiger partial charge in [-0.1, -0.05) is 12.1 Å². The summed E-state index contributed by atoms with van der Waals surface area (Å²) in [5, 5.41) is 0.312. The van der Waals surface area contributed by atoms with Crippen molar-refractivity contribution in [2.45, 2.75) is 11.7 Å². The van der Waals surface area contributed by atoms with Crippen LogP contribution in [0.3, 0.4) is 0 Å². The van der Waals surface area contributed by atoms with E-state index in [2.05, 4.69) is 31.5 Å². The fraction of sp³-hybridized carbons (Fsp3) is 0.0588. The zero-order chi connectivity index (χ0) is 18.8. The molecule has 4 aromatic heterocycles. The molecule has 10 heteroatoms. The van der Waals surface area contributed by atoms with E-state index in [4.69, 9.17) is 0 Å². The highest BCUT2D eigenvalue weighted by Gasteiger charge is 2.21. The summed E-state index contributed by atoms with van der Waals surface area (Å²) in [6, 6.07) is 7.01. The highest BCUT2D eigenvalue weighted by Crippen LogP contribution is 2.18. The van der Waals surface area contributed by atoms with Gasteiger partial charge in [-0.25, -0.2) is 24.3 Å². The Morgan fingerprint density at radius 3 is 2.67 bits per heavy atom. The van der Waals surface area contributed by atoms with Crippen molar-refractivity contribution in [3.05, 3.63) is 65.9 Å². The number of rotatable bonds is 5. The number of nitrogens with zero attached hydrogens (tertiary/aromatic N) is 7. The molecule has 0 fully saturated rings. The van der Waals surface area contributed by atoms with E-state index in [0.29, 0.717) is 23.0 Å². The Hall–Kier alpha value is -3.66. The Bertz CT molecular complexity index is 1220. The van der Waals surface area contributed by atoms with Crippen molar-refractivity contribution in [1.82, 2.24) is 34.3 Å². The summed E-state index contributed by atoms with van der Waals surface area (Å²) < 4.78 is 14.1. The lowest BCUT2D eigenvalue weighted by atomic mass is 10.3. The van der Waals surface area contributed by atoms with Gasteiger partial charge in [-0.3, -0.25) is 4.79 Å². The topological polar surface area (TPSA) is 108 Å². The van der Waals surface area contributed by atoms with Crippen LogP contribution in [0.5, 0.6) is 0 Å². The lowest BCUT2D eigenvalue weighted by Gasteiger charge is -2.10. The minimum Gasteiger partial charge on any atom is -0.267 e. The van der Waals surface area contributed by atoms with Crippen molar-refractivity contribution in [3.8, 4) is 17.3 Å². The number of fused-ring (bicyclic) bond motifs is 1. The smallest absolute Gasteiger partial charge is 0.267 e. The summed E-state index contributed by atoms with van der Waals surface area (Å²) in [6.45, 7) is 3.94. The van der Waals surface area contributed by atoms with Gasteiger partial charge in [-0.2, -0.15) is 9.97 Å². The maximum Gasteiger partial charge on any atom is 0.550 e. The molecule has 0 aliphatic carbocycles. The zero-order valence-corrected chi connectivity index (χ0v) is 14.7. The van der Waals surface area contributed by atoms with E-state index >= 15 is 0 Å². The molecule has 0 N–H and O–H groups in total. The lowest BCUT2D eigenvalue weighted by Crippen LogP contribution is -2.22. The maximum absolute atomic E-state index is 12.7. The van der Waals surface area contributed by atoms with Crippen LogP contribution < -0.4 is 5.56 Å². The van der Waals surface area contributed by atoms with Gasteiger partial charge >= 0.3 is 16.8 Å². The van der Waals surface area contributed by atoms with Crippen molar-refractivity contribution < 1.29 is 4.21 Å². The molecule has 0 saturated carbocycles. The number of hydrogen-bond acceptors (Lipinski definition) is 7. The van der Waals surface area contributed by atoms with Gasteiger partial charge in [0.05, 0.1) is 12.7 Å². The van der Waals surface area contributed by atoms with Crippen LogP contribution in [0.1, 0.15) is 0 Å². The molecule has 0 spiro atoms. The van der Waals surface area contributed by atoms with Gasteiger partial charge < -0.3 is 0 Å². The van der Waals surface area contributed by atoms with Gasteiger partial charge in [-0.15, -0.1) is 6.58 Å². The number of hydrogen-bond donors (Lipinski definition) is 0. The van der Waals surface area contributed by atoms with Gasteiger partial charge in [0, 0.05) is 16.6 Å². The number of pyridine rings is 1. The highest BCUT2D eigenvalue weighted by atomic mass is 32.1. The van der Waals surface area contributed by atoms with Crippen LogP contribution in [0.2, 0.25) is 0 Å². The first-order valence-corrected chi connectivity index (χ1v) is 8.61. The van der Waals surface area contributed by atoms with Crippen molar-refractivity contribution in [2.75, 3.05) is 0 Å². The molecule has 132 valence electrons. The quantitative estimate of drug-likeness (QED) is 0.293. The van der Waals surface area contributed by atoms with Crippen LogP contribution >= 0.6 is 0 Å². The van der Waals surface area contributed by atoms with Gasteiger partial charge in [0.1, 0.15) is 11.1 Å². The summed E-state index contributed by atoms with van der Waals surface area (Å²) in [4.78, 5) is 33.8. The summed E-state index contributed by atoms with van der Waals surface area (Å²) in [5.74, 6) is 0.897. The van der Waals surface area contributed by atoms with Gasteiger partial charge in [0.15, 0.2) is 17.3 Å². The first kappa shape index (κ1) is 16.8. The van der Waals surface area contributed by atoms with E-state index in [-0.39, 0.29) is 34.3 Å². The molecule has 9 nitrogen and oxygen atoms in total. The Balaban J connectivity index is 2.00. The zero-order valence-electron chi connectivity index (χ0n) is 13.9. The molecule has 27 heavy (non-hydrogen) atoms. The third-order valence-electron chi connectivity index (χ3n) is 3.78. The van der Waals surface area contributed by atoms with Gasteiger partial charge in [-0.05, 0) is 18.2 Å². The maximum atomic E-state index is 12.7. The average Bonchev–Trinajstić information content (AvgIpc) is 3.00. The SMILES string of the molecule is C=CCn1c(=O)c2cnc([S+]=O)nc2n1-c1cccc(-c2ncccn2)n1. The van der Waals surface area contributed by atoms with Crippen molar-refractivity contribution in [2.24, 2.45) is 0 Å². The Labute approximate surface area is 156 Å². The molecule has 0 aliphatic heterocycles. The second-order valence-electron chi connectivity index (χ2n) is 5.41. The van der Waals surface area contributed by atoms with Crippen LogP contribution in [-0.2, 0) is 22.4 Å². The molecular formula is C17H12N7O2S+. The van der Waals surface area contributed by atoms with E-state index in [1.54, 1.807) is 47.4 Å². The third kappa shape index (κ3) is 2.91. The Kier molecular flexibility index (Phi) is 4.30. The van der Waals surface area contributed by atoms with E-state index < -0.39 is 0 Å². The fourth-order valence-corrected chi connectivity index (χ4v) is 2.89. The predicted molar refractivity (Wildman–Crippen MR) is 98.5 cm³/mol. The second-order valence-corrected chi connectivity index (χ2v) is 5.95. The average molecular weight is 378 g/mol. The standard InChI is InChI=1S/C17H12N7O2S/c1-2-9-23-16(25)11-10-20-17(27-26)22-15(11)24(23)13-6-3-5-12(21-13)14-18-7-4-8-19-14/h2-8,10H,1,9H2/q+1. The molecule has 0 radical (unpaired) electrons. The van der Waals surface area contributed by atoms with Crippen LogP contribution in [0, 0.1) is 0 Å². The van der Waals surface area contributed by atoms with Crippen LogP contribution in [0.4, 0.5) is 0 Å². The molecule has 0 unspecified atom stereocenters. The van der Waals surface area contributed by atoms with Crippen molar-refractivity contribution in [1.29, 1.82) is 0 Å². The Morgan fingerprint density at radius 1 is 1.11 bits per heavy atom. The van der Waals surface area contributed by atoms with E-state index in [0.717, 1.165) is 0 Å². The molecule has 0 amide bonds. The molecule has 0 bridgehead atoms.